The smallest absolute Gasteiger partial charge is 0.241 e. The number of hydrogen-bond acceptors (Lipinski definition) is 2. The van der Waals surface area contributed by atoms with Crippen LogP contribution in [0.4, 0.5) is 0 Å². The lowest BCUT2D eigenvalue weighted by atomic mass is 10.1. The monoisotopic (exact) mass is 338 g/mol. The lowest BCUT2D eigenvalue weighted by Gasteiger charge is -2.07. The Balaban J connectivity index is 1.95. The minimum Gasteiger partial charge on any atom is -0.273 e. The van der Waals surface area contributed by atoms with Gasteiger partial charge >= 0.3 is 0 Å². The third-order valence-electron chi connectivity index (χ3n) is 5.02. The van der Waals surface area contributed by atoms with E-state index < -0.39 is 0 Å². The van der Waals surface area contributed by atoms with E-state index in [0.29, 0.717) is 12.3 Å². The zero-order valence-electron chi connectivity index (χ0n) is 15.9. The van der Waals surface area contributed by atoms with E-state index in [-0.39, 0.29) is 17.7 Å². The molecule has 4 nitrogen and oxygen atoms in total. The second-order valence-corrected chi connectivity index (χ2v) is 7.36. The van der Waals surface area contributed by atoms with E-state index in [1.807, 2.05) is 0 Å². The van der Waals surface area contributed by atoms with Crippen molar-refractivity contribution in [3.8, 4) is 0 Å². The maximum Gasteiger partial charge on any atom is 0.241 e. The van der Waals surface area contributed by atoms with E-state index in [1.165, 1.54) is 57.8 Å². The predicted octanol–water partition coefficient (Wildman–Crippen LogP) is 4.88. The van der Waals surface area contributed by atoms with Gasteiger partial charge in [-0.15, -0.1) is 0 Å². The zero-order valence-corrected chi connectivity index (χ0v) is 15.9. The fraction of sp³-hybridized carbons (Fsp3) is 0.900. The molecule has 0 heterocycles. The summed E-state index contributed by atoms with van der Waals surface area (Å²) in [5, 5.41) is 0. The molecule has 1 fully saturated rings. The summed E-state index contributed by atoms with van der Waals surface area (Å²) in [5.41, 5.74) is 5.17. The predicted molar refractivity (Wildman–Crippen MR) is 99.3 cm³/mol. The van der Waals surface area contributed by atoms with Gasteiger partial charge in [-0.05, 0) is 25.2 Å². The van der Waals surface area contributed by atoms with E-state index in [2.05, 4.69) is 24.7 Å². The molecule has 0 aromatic rings. The standard InChI is InChI=1S/C20H38N2O2/c1-3-5-7-9-11-12-14-17-16-18(17)20(24)22-21-19(23)15-13-10-8-6-4-2/h17-18H,3-16H2,1-2H3,(H,21,23)(H,22,24). The molecular weight excluding hydrogens is 300 g/mol. The van der Waals surface area contributed by atoms with E-state index in [4.69, 9.17) is 0 Å². The van der Waals surface area contributed by atoms with Gasteiger partial charge in [-0.2, -0.15) is 0 Å². The van der Waals surface area contributed by atoms with Crippen LogP contribution in [0.3, 0.4) is 0 Å². The Hall–Kier alpha value is -1.06. The van der Waals surface area contributed by atoms with Crippen LogP contribution in [0.15, 0.2) is 0 Å². The van der Waals surface area contributed by atoms with Crippen molar-refractivity contribution in [2.45, 2.75) is 104 Å². The molecule has 4 heteroatoms. The lowest BCUT2D eigenvalue weighted by molar-refractivity contribution is -0.129. The highest BCUT2D eigenvalue weighted by molar-refractivity contribution is 5.85. The van der Waals surface area contributed by atoms with Crippen LogP contribution in [-0.2, 0) is 9.59 Å². The van der Waals surface area contributed by atoms with Crippen LogP contribution in [0.2, 0.25) is 0 Å². The van der Waals surface area contributed by atoms with Crippen molar-refractivity contribution in [1.29, 1.82) is 0 Å². The van der Waals surface area contributed by atoms with Gasteiger partial charge in [-0.1, -0.05) is 78.1 Å². The number of hydrogen-bond donors (Lipinski definition) is 2. The molecule has 140 valence electrons. The summed E-state index contributed by atoms with van der Waals surface area (Å²) >= 11 is 0. The van der Waals surface area contributed by atoms with Gasteiger partial charge in [0.05, 0.1) is 0 Å². The summed E-state index contributed by atoms with van der Waals surface area (Å²) in [7, 11) is 0. The number of rotatable bonds is 14. The van der Waals surface area contributed by atoms with Crippen LogP contribution < -0.4 is 10.9 Å². The molecule has 0 aromatic carbocycles. The van der Waals surface area contributed by atoms with Crippen LogP contribution in [0.5, 0.6) is 0 Å². The highest BCUT2D eigenvalue weighted by atomic mass is 16.2. The number of carbonyl (C=O) groups is 2. The highest BCUT2D eigenvalue weighted by Gasteiger charge is 2.42. The number of amides is 2. The first-order valence-corrected chi connectivity index (χ1v) is 10.3. The molecule has 2 unspecified atom stereocenters. The molecule has 0 saturated heterocycles. The zero-order chi connectivity index (χ0) is 17.6. The van der Waals surface area contributed by atoms with Gasteiger partial charge in [0.15, 0.2) is 0 Å². The van der Waals surface area contributed by atoms with Gasteiger partial charge < -0.3 is 0 Å². The summed E-state index contributed by atoms with van der Waals surface area (Å²) in [6.45, 7) is 4.42. The third kappa shape index (κ3) is 9.94. The Morgan fingerprint density at radius 2 is 1.38 bits per heavy atom. The number of hydrazine groups is 1. The molecule has 2 atom stereocenters. The summed E-state index contributed by atoms with van der Waals surface area (Å²) in [6.07, 6.45) is 16.1. The van der Waals surface area contributed by atoms with Gasteiger partial charge in [0.25, 0.3) is 0 Å². The van der Waals surface area contributed by atoms with Gasteiger partial charge in [0, 0.05) is 12.3 Å². The summed E-state index contributed by atoms with van der Waals surface area (Å²) < 4.78 is 0. The Morgan fingerprint density at radius 1 is 0.792 bits per heavy atom. The summed E-state index contributed by atoms with van der Waals surface area (Å²) in [6, 6.07) is 0. The number of carbonyl (C=O) groups excluding carboxylic acids is 2. The lowest BCUT2D eigenvalue weighted by Crippen LogP contribution is -2.42. The van der Waals surface area contributed by atoms with E-state index in [0.717, 1.165) is 25.7 Å². The number of nitrogens with one attached hydrogen (secondary N) is 2. The molecule has 1 saturated carbocycles. The first-order valence-electron chi connectivity index (χ1n) is 10.3. The van der Waals surface area contributed by atoms with Crippen LogP contribution >= 0.6 is 0 Å². The van der Waals surface area contributed by atoms with Crippen molar-refractivity contribution in [1.82, 2.24) is 10.9 Å². The van der Waals surface area contributed by atoms with Gasteiger partial charge in [-0.25, -0.2) is 0 Å². The fourth-order valence-corrected chi connectivity index (χ4v) is 3.25. The minimum atomic E-state index is -0.0621. The van der Waals surface area contributed by atoms with E-state index in [9.17, 15) is 9.59 Å². The number of unbranched alkanes of at least 4 members (excludes halogenated alkanes) is 9. The molecular formula is C20H38N2O2. The fourth-order valence-electron chi connectivity index (χ4n) is 3.25. The largest absolute Gasteiger partial charge is 0.273 e. The van der Waals surface area contributed by atoms with Crippen molar-refractivity contribution >= 4 is 11.8 Å². The van der Waals surface area contributed by atoms with Crippen molar-refractivity contribution in [2.75, 3.05) is 0 Å². The molecule has 24 heavy (non-hydrogen) atoms. The van der Waals surface area contributed by atoms with E-state index >= 15 is 0 Å². The van der Waals surface area contributed by atoms with Crippen LogP contribution in [-0.4, -0.2) is 11.8 Å². The Labute approximate surface area is 148 Å². The summed E-state index contributed by atoms with van der Waals surface area (Å²) in [5.74, 6) is 0.617. The average molecular weight is 339 g/mol. The Morgan fingerprint density at radius 3 is 2.04 bits per heavy atom. The topological polar surface area (TPSA) is 58.2 Å². The van der Waals surface area contributed by atoms with E-state index in [1.54, 1.807) is 0 Å². The second kappa shape index (κ2) is 13.3. The molecule has 0 radical (unpaired) electrons. The SMILES string of the molecule is CCCCCCCCC1CC1C(=O)NNC(=O)CCCCCCC. The minimum absolute atomic E-state index is 0.00492. The molecule has 1 aliphatic rings. The quantitative estimate of drug-likeness (QED) is 0.350. The summed E-state index contributed by atoms with van der Waals surface area (Å²) in [4.78, 5) is 23.7. The Bertz CT molecular complexity index is 358. The highest BCUT2D eigenvalue weighted by Crippen LogP contribution is 2.42. The molecule has 1 rings (SSSR count). The van der Waals surface area contributed by atoms with Crippen molar-refractivity contribution < 1.29 is 9.59 Å². The second-order valence-electron chi connectivity index (χ2n) is 7.36. The van der Waals surface area contributed by atoms with Gasteiger partial charge in [-0.3, -0.25) is 20.4 Å². The van der Waals surface area contributed by atoms with Gasteiger partial charge in [0.2, 0.25) is 11.8 Å². The molecule has 0 spiro atoms. The average Bonchev–Trinajstić information content (AvgIpc) is 3.35. The molecule has 1 aliphatic carbocycles. The maximum absolute atomic E-state index is 12.0. The normalized spacial score (nSPS) is 19.1. The molecule has 0 aliphatic heterocycles. The van der Waals surface area contributed by atoms with Crippen molar-refractivity contribution in [2.24, 2.45) is 11.8 Å². The Kier molecular flexibility index (Phi) is 11.6. The van der Waals surface area contributed by atoms with Crippen molar-refractivity contribution in [3.05, 3.63) is 0 Å². The molecule has 0 aromatic heterocycles. The molecule has 2 amide bonds. The van der Waals surface area contributed by atoms with Crippen LogP contribution in [0, 0.1) is 11.8 Å². The maximum atomic E-state index is 12.0. The van der Waals surface area contributed by atoms with Gasteiger partial charge in [0.1, 0.15) is 0 Å². The molecule has 2 N–H and O–H groups in total. The molecule has 0 bridgehead atoms. The third-order valence-corrected chi connectivity index (χ3v) is 5.02. The van der Waals surface area contributed by atoms with Crippen LogP contribution in [0.1, 0.15) is 104 Å². The van der Waals surface area contributed by atoms with Crippen LogP contribution in [0.25, 0.3) is 0 Å². The first-order chi connectivity index (χ1) is 11.7. The van der Waals surface area contributed by atoms with Crippen molar-refractivity contribution in [3.63, 3.8) is 0 Å². The first kappa shape index (κ1) is 21.0.